The molecule has 0 aromatic carbocycles. The first-order valence-electron chi connectivity index (χ1n) is 7.22. The molecule has 1 aromatic heterocycles. The number of aromatic nitrogens is 1. The van der Waals surface area contributed by atoms with E-state index in [1.807, 2.05) is 0 Å². The molecule has 122 valence electrons. The molecule has 0 fully saturated rings. The smallest absolute Gasteiger partial charge is 0.256 e. The fourth-order valence-corrected chi connectivity index (χ4v) is 4.87. The number of allylic oxidation sites excluding steroid dienone is 2. The van der Waals surface area contributed by atoms with E-state index in [2.05, 4.69) is 13.8 Å². The highest BCUT2D eigenvalue weighted by Crippen LogP contribution is 2.52. The Hall–Kier alpha value is -0.160. The molecule has 1 aromatic rings. The van der Waals surface area contributed by atoms with E-state index in [1.54, 1.807) is 0 Å². The molecule has 0 aliphatic heterocycles. The molecule has 0 spiro atoms. The van der Waals surface area contributed by atoms with Gasteiger partial charge in [-0.15, -0.1) is 0 Å². The molecule has 1 heterocycles. The molecule has 0 unspecified atom stereocenters. The van der Waals surface area contributed by atoms with Crippen LogP contribution in [0, 0.1) is 5.41 Å². The molecule has 0 saturated heterocycles. The first-order valence-corrected chi connectivity index (χ1v) is 9.13. The summed E-state index contributed by atoms with van der Waals surface area (Å²) in [6.07, 6.45) is 4.70. The Bertz CT molecular complexity index is 659. The number of nitrogens with zero attached hydrogens (tertiary/aromatic N) is 1. The number of fused-ring (bicyclic) bond motifs is 1. The largest absolute Gasteiger partial charge is 0.494 e. The zero-order chi connectivity index (χ0) is 16.3. The molecule has 3 rings (SSSR count). The van der Waals surface area contributed by atoms with Gasteiger partial charge in [-0.3, -0.25) is 0 Å². The van der Waals surface area contributed by atoms with Crippen molar-refractivity contribution >= 4 is 46.8 Å². The van der Waals surface area contributed by atoms with E-state index in [0.717, 1.165) is 42.3 Å². The van der Waals surface area contributed by atoms with E-state index in [4.69, 9.17) is 34.8 Å². The van der Waals surface area contributed by atoms with Gasteiger partial charge < -0.3 is 10.2 Å². The first kappa shape index (κ1) is 16.7. The maximum atomic E-state index is 10.5. The molecule has 0 radical (unpaired) electrons. The lowest BCUT2D eigenvalue weighted by molar-refractivity contribution is 0.351. The lowest BCUT2D eigenvalue weighted by atomic mass is 9.67. The van der Waals surface area contributed by atoms with E-state index >= 15 is 0 Å². The van der Waals surface area contributed by atoms with Gasteiger partial charge in [-0.2, -0.15) is 0 Å². The van der Waals surface area contributed by atoms with Gasteiger partial charge >= 0.3 is 0 Å². The predicted octanol–water partition coefficient (Wildman–Crippen LogP) is 5.33. The van der Waals surface area contributed by atoms with Crippen LogP contribution in [0.25, 0.3) is 0 Å². The van der Waals surface area contributed by atoms with E-state index in [-0.39, 0.29) is 17.2 Å². The quantitative estimate of drug-likeness (QED) is 0.510. The monoisotopic (exact) mass is 381 g/mol. The summed E-state index contributed by atoms with van der Waals surface area (Å²) in [6.45, 7) is 4.49. The zero-order valence-electron chi connectivity index (χ0n) is 12.4. The summed E-state index contributed by atoms with van der Waals surface area (Å²) in [6, 6.07) is 0. The number of halogens is 3. The van der Waals surface area contributed by atoms with Crippen LogP contribution in [0.2, 0.25) is 0 Å². The summed E-state index contributed by atoms with van der Waals surface area (Å²) in [5.74, 6) is -0.0319. The van der Waals surface area contributed by atoms with Crippen molar-refractivity contribution < 1.29 is 10.2 Å². The second-order valence-corrected chi connectivity index (χ2v) is 10.7. The molecule has 2 aliphatic rings. The van der Waals surface area contributed by atoms with Crippen LogP contribution in [0.15, 0.2) is 11.1 Å². The fourth-order valence-electron chi connectivity index (χ4n) is 3.65. The second kappa shape index (κ2) is 5.44. The van der Waals surface area contributed by atoms with E-state index < -0.39 is 3.12 Å². The zero-order valence-corrected chi connectivity index (χ0v) is 15.5. The van der Waals surface area contributed by atoms with Gasteiger partial charge in [0.15, 0.2) is 0 Å². The third kappa shape index (κ3) is 2.83. The molecule has 0 saturated carbocycles. The summed E-state index contributed by atoms with van der Waals surface area (Å²) in [4.78, 5) is 0. The number of hydrogen-bond acceptors (Lipinski definition) is 3. The summed E-state index contributed by atoms with van der Waals surface area (Å²) in [5, 5.41) is 20.9. The van der Waals surface area contributed by atoms with Gasteiger partial charge in [0.25, 0.3) is 3.12 Å². The van der Waals surface area contributed by atoms with E-state index in [9.17, 15) is 10.2 Å². The van der Waals surface area contributed by atoms with Crippen LogP contribution in [-0.2, 0) is 12.8 Å². The minimum atomic E-state index is -1.65. The Kier molecular flexibility index (Phi) is 4.13. The van der Waals surface area contributed by atoms with E-state index in [1.165, 1.54) is 15.1 Å². The van der Waals surface area contributed by atoms with Crippen LogP contribution in [0.3, 0.4) is 0 Å². The Morgan fingerprint density at radius 2 is 1.68 bits per heavy atom. The third-order valence-corrected chi connectivity index (χ3v) is 6.11. The average molecular weight is 383 g/mol. The van der Waals surface area contributed by atoms with Crippen molar-refractivity contribution in [2.24, 2.45) is 5.41 Å². The minimum absolute atomic E-state index is 0.0150. The highest BCUT2D eigenvalue weighted by Gasteiger charge is 2.38. The lowest BCUT2D eigenvalue weighted by Gasteiger charge is -2.37. The van der Waals surface area contributed by atoms with Gasteiger partial charge in [-0.1, -0.05) is 59.8 Å². The molecule has 0 bridgehead atoms. The van der Waals surface area contributed by atoms with Crippen molar-refractivity contribution in [3.63, 3.8) is 0 Å². The maximum Gasteiger partial charge on any atom is 0.256 e. The number of rotatable bonds is 1. The summed E-state index contributed by atoms with van der Waals surface area (Å²) < 4.78 is -0.425. The Morgan fingerprint density at radius 1 is 1.09 bits per heavy atom. The number of hydrogen-bond donors (Lipinski definition) is 2. The highest BCUT2D eigenvalue weighted by atomic mass is 35.6. The second-order valence-electron chi connectivity index (χ2n) is 6.61. The summed E-state index contributed by atoms with van der Waals surface area (Å²) in [7, 11) is 0. The summed E-state index contributed by atoms with van der Waals surface area (Å²) >= 11 is 18.1. The summed E-state index contributed by atoms with van der Waals surface area (Å²) in [5.41, 5.74) is 4.42. The van der Waals surface area contributed by atoms with Crippen LogP contribution >= 0.6 is 46.8 Å². The van der Waals surface area contributed by atoms with Crippen LogP contribution < -0.4 is 0 Å². The van der Waals surface area contributed by atoms with Gasteiger partial charge in [-0.25, -0.2) is 3.97 Å². The molecular formula is C15H18Cl3NO2S. The van der Waals surface area contributed by atoms with Crippen molar-refractivity contribution in [2.75, 3.05) is 0 Å². The molecular weight excluding hydrogens is 365 g/mol. The van der Waals surface area contributed by atoms with Gasteiger partial charge in [0, 0.05) is 23.1 Å². The van der Waals surface area contributed by atoms with Gasteiger partial charge in [-0.05, 0) is 37.5 Å². The Labute approximate surface area is 149 Å². The SMILES string of the molecule is CC1(C)CCCC2=C1Cc1c(c(O)n(SC(Cl)(Cl)Cl)c1O)C2. The topological polar surface area (TPSA) is 45.4 Å². The molecule has 22 heavy (non-hydrogen) atoms. The Morgan fingerprint density at radius 3 is 2.27 bits per heavy atom. The van der Waals surface area contributed by atoms with Gasteiger partial charge in [0.1, 0.15) is 0 Å². The van der Waals surface area contributed by atoms with Crippen molar-refractivity contribution in [2.45, 2.75) is 49.1 Å². The first-order chi connectivity index (χ1) is 10.1. The number of aromatic hydroxyl groups is 2. The molecule has 0 atom stereocenters. The Balaban J connectivity index is 2.03. The van der Waals surface area contributed by atoms with Crippen molar-refractivity contribution in [3.8, 4) is 11.8 Å². The standard InChI is InChI=1S/C15H18Cl3NO2S/c1-14(2)5-3-4-8-6-9-10(7-11(8)14)13(21)19(12(9)20)22-15(16,17)18/h20-21H,3-7H2,1-2H3. The molecule has 2 aliphatic carbocycles. The average Bonchev–Trinajstić information content (AvgIpc) is 2.61. The molecule has 0 amide bonds. The lowest BCUT2D eigenvalue weighted by Crippen LogP contribution is -2.25. The van der Waals surface area contributed by atoms with Crippen LogP contribution in [0.4, 0.5) is 0 Å². The van der Waals surface area contributed by atoms with Gasteiger partial charge in [0.05, 0.1) is 0 Å². The third-order valence-electron chi connectivity index (χ3n) is 4.75. The predicted molar refractivity (Wildman–Crippen MR) is 93.1 cm³/mol. The van der Waals surface area contributed by atoms with Crippen LogP contribution in [0.5, 0.6) is 11.8 Å². The fraction of sp³-hybridized carbons (Fsp3) is 0.600. The normalized spacial score (nSPS) is 20.8. The molecule has 2 N–H and O–H groups in total. The van der Waals surface area contributed by atoms with Gasteiger partial charge in [0.2, 0.25) is 11.8 Å². The van der Waals surface area contributed by atoms with Crippen molar-refractivity contribution in [3.05, 3.63) is 22.3 Å². The maximum absolute atomic E-state index is 10.5. The van der Waals surface area contributed by atoms with Crippen molar-refractivity contribution in [1.29, 1.82) is 0 Å². The van der Waals surface area contributed by atoms with Crippen LogP contribution in [-0.4, -0.2) is 17.3 Å². The molecule has 7 heteroatoms. The van der Waals surface area contributed by atoms with E-state index in [0.29, 0.717) is 12.8 Å². The highest BCUT2D eigenvalue weighted by molar-refractivity contribution is 8.03. The van der Waals surface area contributed by atoms with Crippen LogP contribution in [0.1, 0.15) is 44.2 Å². The molecule has 3 nitrogen and oxygen atoms in total. The minimum Gasteiger partial charge on any atom is -0.494 e. The van der Waals surface area contributed by atoms with Crippen molar-refractivity contribution in [1.82, 2.24) is 3.97 Å². The number of alkyl halides is 3.